The standard InChI is InChI=1S/C10H19BF3N2/c1-15(7-11(12,13)14)10-5-8-3-4-9(6-10)16(8)2/h8-10H,3-7H2,1-2H3/q-1. The van der Waals surface area contributed by atoms with Crippen molar-refractivity contribution in [1.29, 1.82) is 0 Å². The molecule has 0 amide bonds. The highest BCUT2D eigenvalue weighted by Crippen LogP contribution is 2.36. The highest BCUT2D eigenvalue weighted by atomic mass is 19.4. The van der Waals surface area contributed by atoms with Gasteiger partial charge >= 0.3 is 6.98 Å². The molecule has 0 aromatic rings. The second-order valence-electron chi connectivity index (χ2n) is 5.33. The minimum Gasteiger partial charge on any atom is -0.448 e. The Morgan fingerprint density at radius 3 is 2.12 bits per heavy atom. The first-order valence-electron chi connectivity index (χ1n) is 6.00. The molecule has 0 N–H and O–H groups in total. The Kier molecular flexibility index (Phi) is 3.23. The van der Waals surface area contributed by atoms with Crippen molar-refractivity contribution in [3.63, 3.8) is 0 Å². The molecule has 0 aromatic carbocycles. The zero-order valence-electron chi connectivity index (χ0n) is 9.87. The van der Waals surface area contributed by atoms with Crippen molar-refractivity contribution < 1.29 is 12.9 Å². The third-order valence-electron chi connectivity index (χ3n) is 4.19. The Hall–Kier alpha value is -0.225. The van der Waals surface area contributed by atoms with Crippen LogP contribution in [0.4, 0.5) is 12.9 Å². The van der Waals surface area contributed by atoms with E-state index >= 15 is 0 Å². The molecule has 2 aliphatic heterocycles. The summed E-state index contributed by atoms with van der Waals surface area (Å²) in [7, 11) is 3.72. The van der Waals surface area contributed by atoms with Gasteiger partial charge in [0.2, 0.25) is 0 Å². The van der Waals surface area contributed by atoms with Crippen molar-refractivity contribution in [2.24, 2.45) is 0 Å². The summed E-state index contributed by atoms with van der Waals surface area (Å²) < 4.78 is 37.1. The number of nitrogens with zero attached hydrogens (tertiary/aromatic N) is 2. The van der Waals surface area contributed by atoms with Gasteiger partial charge in [-0.15, -0.1) is 0 Å². The Morgan fingerprint density at radius 1 is 1.19 bits per heavy atom. The van der Waals surface area contributed by atoms with Gasteiger partial charge in [0.05, 0.1) is 0 Å². The number of halogens is 3. The van der Waals surface area contributed by atoms with Gasteiger partial charge in [-0.05, 0) is 46.2 Å². The lowest BCUT2D eigenvalue weighted by Crippen LogP contribution is -2.50. The number of hydrogen-bond donors (Lipinski definition) is 0. The molecule has 2 unspecified atom stereocenters. The van der Waals surface area contributed by atoms with Gasteiger partial charge in [0.15, 0.2) is 0 Å². The zero-order valence-corrected chi connectivity index (χ0v) is 9.87. The van der Waals surface area contributed by atoms with Crippen molar-refractivity contribution in [2.45, 2.75) is 43.8 Å². The fraction of sp³-hybridized carbons (Fsp3) is 1.00. The second-order valence-corrected chi connectivity index (χ2v) is 5.33. The number of fused-ring (bicyclic) bond motifs is 2. The van der Waals surface area contributed by atoms with Crippen LogP contribution in [0, 0.1) is 0 Å². The van der Waals surface area contributed by atoms with Gasteiger partial charge in [0, 0.05) is 18.1 Å². The molecule has 6 heteroatoms. The van der Waals surface area contributed by atoms with Gasteiger partial charge in [0.25, 0.3) is 0 Å². The van der Waals surface area contributed by atoms with Gasteiger partial charge in [-0.25, -0.2) is 0 Å². The summed E-state index contributed by atoms with van der Waals surface area (Å²) in [5.41, 5.74) is 0. The van der Waals surface area contributed by atoms with Crippen LogP contribution in [0.1, 0.15) is 25.7 Å². The Labute approximate surface area is 94.8 Å². The quantitative estimate of drug-likeness (QED) is 0.689. The number of rotatable bonds is 3. The van der Waals surface area contributed by atoms with Crippen LogP contribution in [0.3, 0.4) is 0 Å². The van der Waals surface area contributed by atoms with E-state index in [4.69, 9.17) is 0 Å². The van der Waals surface area contributed by atoms with E-state index in [1.165, 1.54) is 4.90 Å². The molecule has 2 fully saturated rings. The average molecular weight is 235 g/mol. The first kappa shape index (κ1) is 12.2. The first-order chi connectivity index (χ1) is 7.37. The summed E-state index contributed by atoms with van der Waals surface area (Å²) in [5.74, 6) is 0. The lowest BCUT2D eigenvalue weighted by atomic mass is 9.88. The van der Waals surface area contributed by atoms with E-state index in [2.05, 4.69) is 11.9 Å². The normalized spacial score (nSPS) is 36.0. The van der Waals surface area contributed by atoms with Crippen LogP contribution >= 0.6 is 0 Å². The van der Waals surface area contributed by atoms with E-state index in [9.17, 15) is 12.9 Å². The molecule has 2 nitrogen and oxygen atoms in total. The Morgan fingerprint density at radius 2 is 1.69 bits per heavy atom. The van der Waals surface area contributed by atoms with E-state index in [-0.39, 0.29) is 6.04 Å². The number of hydrogen-bond acceptors (Lipinski definition) is 2. The van der Waals surface area contributed by atoms with E-state index < -0.39 is 13.4 Å². The zero-order chi connectivity index (χ0) is 11.9. The highest BCUT2D eigenvalue weighted by molar-refractivity contribution is 6.58. The molecule has 2 aliphatic rings. The van der Waals surface area contributed by atoms with Crippen LogP contribution in [-0.4, -0.2) is 55.4 Å². The summed E-state index contributed by atoms with van der Waals surface area (Å²) in [4.78, 5) is 3.86. The van der Waals surface area contributed by atoms with Crippen molar-refractivity contribution >= 4 is 6.98 Å². The molecule has 94 valence electrons. The van der Waals surface area contributed by atoms with Gasteiger partial charge in [-0.2, -0.15) is 0 Å². The predicted octanol–water partition coefficient (Wildman–Crippen LogP) is 1.93. The highest BCUT2D eigenvalue weighted by Gasteiger charge is 2.40. The summed E-state index contributed by atoms with van der Waals surface area (Å²) >= 11 is 0. The molecule has 2 atom stereocenters. The van der Waals surface area contributed by atoms with Crippen LogP contribution in [-0.2, 0) is 0 Å². The smallest absolute Gasteiger partial charge is 0.448 e. The van der Waals surface area contributed by atoms with Crippen LogP contribution in [0.15, 0.2) is 0 Å². The second kappa shape index (κ2) is 4.22. The topological polar surface area (TPSA) is 6.48 Å². The van der Waals surface area contributed by atoms with E-state index in [1.807, 2.05) is 0 Å². The maximum Gasteiger partial charge on any atom is 0.492 e. The Balaban J connectivity index is 1.92. The summed E-state index contributed by atoms with van der Waals surface area (Å²) in [6, 6.07) is 1.14. The lowest BCUT2D eigenvalue weighted by molar-refractivity contribution is 0.0948. The minimum atomic E-state index is -4.68. The largest absolute Gasteiger partial charge is 0.492 e. The van der Waals surface area contributed by atoms with Crippen molar-refractivity contribution in [3.05, 3.63) is 0 Å². The maximum absolute atomic E-state index is 12.4. The lowest BCUT2D eigenvalue weighted by Gasteiger charge is -2.41. The minimum absolute atomic E-state index is 0.122. The molecule has 0 saturated carbocycles. The summed E-state index contributed by atoms with van der Waals surface area (Å²) in [5, 5.41) is 0. The van der Waals surface area contributed by atoms with Gasteiger partial charge < -0.3 is 22.7 Å². The third kappa shape index (κ3) is 2.54. The molecule has 16 heavy (non-hydrogen) atoms. The van der Waals surface area contributed by atoms with E-state index in [0.29, 0.717) is 12.1 Å². The number of piperidine rings is 1. The van der Waals surface area contributed by atoms with Crippen molar-refractivity contribution in [1.82, 2.24) is 9.80 Å². The molecule has 2 saturated heterocycles. The molecular formula is C10H19BF3N2-. The van der Waals surface area contributed by atoms with Gasteiger partial charge in [-0.1, -0.05) is 0 Å². The first-order valence-corrected chi connectivity index (χ1v) is 6.00. The average Bonchev–Trinajstić information content (AvgIpc) is 2.38. The summed E-state index contributed by atoms with van der Waals surface area (Å²) in [6.07, 6.45) is 3.39. The Bertz CT molecular complexity index is 245. The monoisotopic (exact) mass is 235 g/mol. The SMILES string of the molecule is CN(C[B-](F)(F)F)C1CC2CCC(C1)N2C. The van der Waals surface area contributed by atoms with Crippen molar-refractivity contribution in [3.8, 4) is 0 Å². The molecule has 0 aliphatic carbocycles. The van der Waals surface area contributed by atoms with Crippen LogP contribution in [0.2, 0.25) is 0 Å². The fourth-order valence-electron chi connectivity index (χ4n) is 3.22. The van der Waals surface area contributed by atoms with Crippen LogP contribution < -0.4 is 0 Å². The van der Waals surface area contributed by atoms with E-state index in [1.54, 1.807) is 7.05 Å². The van der Waals surface area contributed by atoms with Gasteiger partial charge in [0.1, 0.15) is 0 Å². The van der Waals surface area contributed by atoms with Crippen LogP contribution in [0.25, 0.3) is 0 Å². The fourth-order valence-corrected chi connectivity index (χ4v) is 3.22. The maximum atomic E-state index is 12.4. The molecule has 0 aromatic heterocycles. The van der Waals surface area contributed by atoms with Gasteiger partial charge in [-0.3, -0.25) is 0 Å². The molecule has 2 heterocycles. The molecule has 2 bridgehead atoms. The van der Waals surface area contributed by atoms with Crippen molar-refractivity contribution in [2.75, 3.05) is 20.5 Å². The molecule has 0 spiro atoms. The summed E-state index contributed by atoms with van der Waals surface area (Å²) in [6.45, 7) is -4.68. The molecule has 0 radical (unpaired) electrons. The molecular weight excluding hydrogens is 216 g/mol. The third-order valence-corrected chi connectivity index (χ3v) is 4.19. The predicted molar refractivity (Wildman–Crippen MR) is 59.3 cm³/mol. The van der Waals surface area contributed by atoms with Crippen LogP contribution in [0.5, 0.6) is 0 Å². The molecule has 2 rings (SSSR count). The van der Waals surface area contributed by atoms with E-state index in [0.717, 1.165) is 25.7 Å².